The smallest absolute Gasteiger partial charge is 0.0772 e. The van der Waals surface area contributed by atoms with Crippen LogP contribution in [0.5, 0.6) is 0 Å². The van der Waals surface area contributed by atoms with Gasteiger partial charge in [0.2, 0.25) is 0 Å². The standard InChI is InChI=1S/C12H19N3/c1-2-8-15(10-5-6-10)12-4-3-7-14-11(12)9-13/h3-4,7,10H,2,5-6,8-9,13H2,1H3. The van der Waals surface area contributed by atoms with Crippen LogP contribution < -0.4 is 10.6 Å². The molecule has 1 aromatic rings. The quantitative estimate of drug-likeness (QED) is 0.798. The molecule has 1 aliphatic rings. The average molecular weight is 205 g/mol. The van der Waals surface area contributed by atoms with Gasteiger partial charge in [-0.2, -0.15) is 0 Å². The highest BCUT2D eigenvalue weighted by Crippen LogP contribution is 2.32. The molecule has 1 aliphatic carbocycles. The molecule has 0 bridgehead atoms. The van der Waals surface area contributed by atoms with Crippen LogP contribution >= 0.6 is 0 Å². The van der Waals surface area contributed by atoms with E-state index in [4.69, 9.17) is 5.73 Å². The maximum Gasteiger partial charge on any atom is 0.0772 e. The minimum absolute atomic E-state index is 0.531. The van der Waals surface area contributed by atoms with Gasteiger partial charge in [0, 0.05) is 25.3 Å². The zero-order chi connectivity index (χ0) is 10.7. The van der Waals surface area contributed by atoms with E-state index >= 15 is 0 Å². The van der Waals surface area contributed by atoms with Gasteiger partial charge in [0.15, 0.2) is 0 Å². The summed E-state index contributed by atoms with van der Waals surface area (Å²) in [6, 6.07) is 4.88. The van der Waals surface area contributed by atoms with Crippen LogP contribution in [0.2, 0.25) is 0 Å². The van der Waals surface area contributed by atoms with Crippen LogP contribution in [0, 0.1) is 0 Å². The fourth-order valence-electron chi connectivity index (χ4n) is 1.98. The molecular formula is C12H19N3. The Labute approximate surface area is 91.3 Å². The van der Waals surface area contributed by atoms with Crippen molar-refractivity contribution in [1.82, 2.24) is 4.98 Å². The molecule has 0 unspecified atom stereocenters. The first-order chi connectivity index (χ1) is 7.36. The normalized spacial score (nSPS) is 15.3. The van der Waals surface area contributed by atoms with Crippen molar-refractivity contribution in [3.05, 3.63) is 24.0 Å². The summed E-state index contributed by atoms with van der Waals surface area (Å²) in [6.45, 7) is 3.86. The van der Waals surface area contributed by atoms with Gasteiger partial charge in [0.05, 0.1) is 11.4 Å². The van der Waals surface area contributed by atoms with Crippen LogP contribution in [0.15, 0.2) is 18.3 Å². The number of hydrogen-bond acceptors (Lipinski definition) is 3. The maximum atomic E-state index is 5.72. The fraction of sp³-hybridized carbons (Fsp3) is 0.583. The molecule has 15 heavy (non-hydrogen) atoms. The zero-order valence-electron chi connectivity index (χ0n) is 9.32. The third-order valence-corrected chi connectivity index (χ3v) is 2.82. The summed E-state index contributed by atoms with van der Waals surface area (Å²) >= 11 is 0. The van der Waals surface area contributed by atoms with Crippen molar-refractivity contribution in [3.8, 4) is 0 Å². The molecule has 3 heteroatoms. The molecule has 0 radical (unpaired) electrons. The molecule has 1 aromatic heterocycles. The Morgan fingerprint density at radius 2 is 2.33 bits per heavy atom. The van der Waals surface area contributed by atoms with Crippen molar-refractivity contribution in [2.24, 2.45) is 5.73 Å². The Morgan fingerprint density at radius 3 is 2.93 bits per heavy atom. The highest BCUT2D eigenvalue weighted by Gasteiger charge is 2.29. The van der Waals surface area contributed by atoms with Crippen molar-refractivity contribution in [2.75, 3.05) is 11.4 Å². The van der Waals surface area contributed by atoms with Gasteiger partial charge in [-0.25, -0.2) is 0 Å². The van der Waals surface area contributed by atoms with Crippen LogP contribution in [0.1, 0.15) is 31.9 Å². The third kappa shape index (κ3) is 2.29. The first-order valence-corrected chi connectivity index (χ1v) is 5.77. The molecule has 0 spiro atoms. The Balaban J connectivity index is 2.23. The summed E-state index contributed by atoms with van der Waals surface area (Å²) in [5, 5.41) is 0. The van der Waals surface area contributed by atoms with Gasteiger partial charge in [-0.3, -0.25) is 4.98 Å². The monoisotopic (exact) mass is 205 g/mol. The van der Waals surface area contributed by atoms with E-state index < -0.39 is 0 Å². The molecule has 0 aromatic carbocycles. The summed E-state index contributed by atoms with van der Waals surface area (Å²) < 4.78 is 0. The highest BCUT2D eigenvalue weighted by molar-refractivity contribution is 5.52. The Morgan fingerprint density at radius 1 is 1.53 bits per heavy atom. The third-order valence-electron chi connectivity index (χ3n) is 2.82. The molecule has 1 saturated carbocycles. The molecule has 82 valence electrons. The first kappa shape index (κ1) is 10.4. The number of rotatable bonds is 5. The molecule has 2 N–H and O–H groups in total. The molecule has 0 atom stereocenters. The number of nitrogens with two attached hydrogens (primary N) is 1. The van der Waals surface area contributed by atoms with Gasteiger partial charge < -0.3 is 10.6 Å². The summed E-state index contributed by atoms with van der Waals surface area (Å²) in [7, 11) is 0. The Bertz CT molecular complexity index is 320. The Hall–Kier alpha value is -1.09. The van der Waals surface area contributed by atoms with E-state index in [1.54, 1.807) is 0 Å². The van der Waals surface area contributed by atoms with Crippen LogP contribution in [0.4, 0.5) is 5.69 Å². The SMILES string of the molecule is CCCN(c1cccnc1CN)C1CC1. The van der Waals surface area contributed by atoms with Crippen molar-refractivity contribution in [3.63, 3.8) is 0 Å². The zero-order valence-corrected chi connectivity index (χ0v) is 9.32. The van der Waals surface area contributed by atoms with E-state index in [9.17, 15) is 0 Å². The number of aromatic nitrogens is 1. The van der Waals surface area contributed by atoms with Crippen molar-refractivity contribution in [1.29, 1.82) is 0 Å². The molecule has 0 aliphatic heterocycles. The molecular weight excluding hydrogens is 186 g/mol. The van der Waals surface area contributed by atoms with E-state index in [1.807, 2.05) is 12.3 Å². The van der Waals surface area contributed by atoms with E-state index in [0.717, 1.165) is 18.3 Å². The van der Waals surface area contributed by atoms with E-state index in [0.29, 0.717) is 6.54 Å². The molecule has 2 rings (SSSR count). The lowest BCUT2D eigenvalue weighted by molar-refractivity contribution is 0.752. The predicted molar refractivity (Wildman–Crippen MR) is 62.8 cm³/mol. The van der Waals surface area contributed by atoms with Crippen molar-refractivity contribution < 1.29 is 0 Å². The molecule has 0 saturated heterocycles. The lowest BCUT2D eigenvalue weighted by atomic mass is 10.2. The highest BCUT2D eigenvalue weighted by atomic mass is 15.2. The molecule has 1 fully saturated rings. The van der Waals surface area contributed by atoms with Gasteiger partial charge in [-0.1, -0.05) is 6.92 Å². The second kappa shape index (κ2) is 4.62. The molecule has 0 amide bonds. The topological polar surface area (TPSA) is 42.2 Å². The van der Waals surface area contributed by atoms with Crippen LogP contribution in [-0.4, -0.2) is 17.6 Å². The molecule has 3 nitrogen and oxygen atoms in total. The van der Waals surface area contributed by atoms with Crippen molar-refractivity contribution in [2.45, 2.75) is 38.8 Å². The van der Waals surface area contributed by atoms with Gasteiger partial charge in [0.1, 0.15) is 0 Å². The maximum absolute atomic E-state index is 5.72. The minimum Gasteiger partial charge on any atom is -0.367 e. The van der Waals surface area contributed by atoms with Gasteiger partial charge >= 0.3 is 0 Å². The number of nitrogens with zero attached hydrogens (tertiary/aromatic N) is 2. The van der Waals surface area contributed by atoms with Crippen LogP contribution in [-0.2, 0) is 6.54 Å². The number of pyridine rings is 1. The predicted octanol–water partition coefficient (Wildman–Crippen LogP) is 1.92. The lowest BCUT2D eigenvalue weighted by Gasteiger charge is -2.25. The largest absolute Gasteiger partial charge is 0.367 e. The van der Waals surface area contributed by atoms with E-state index in [-0.39, 0.29) is 0 Å². The Kier molecular flexibility index (Phi) is 3.21. The number of anilines is 1. The van der Waals surface area contributed by atoms with E-state index in [1.165, 1.54) is 24.9 Å². The van der Waals surface area contributed by atoms with Gasteiger partial charge in [-0.15, -0.1) is 0 Å². The summed E-state index contributed by atoms with van der Waals surface area (Å²) in [4.78, 5) is 6.81. The van der Waals surface area contributed by atoms with Crippen LogP contribution in [0.3, 0.4) is 0 Å². The minimum atomic E-state index is 0.531. The first-order valence-electron chi connectivity index (χ1n) is 5.77. The fourth-order valence-corrected chi connectivity index (χ4v) is 1.98. The van der Waals surface area contributed by atoms with Gasteiger partial charge in [0.25, 0.3) is 0 Å². The summed E-state index contributed by atoms with van der Waals surface area (Å²) in [5.41, 5.74) is 7.98. The van der Waals surface area contributed by atoms with Crippen LogP contribution in [0.25, 0.3) is 0 Å². The lowest BCUT2D eigenvalue weighted by Crippen LogP contribution is -2.28. The number of hydrogen-bond donors (Lipinski definition) is 1. The van der Waals surface area contributed by atoms with Crippen molar-refractivity contribution >= 4 is 5.69 Å². The average Bonchev–Trinajstić information content (AvgIpc) is 3.10. The summed E-state index contributed by atoms with van der Waals surface area (Å²) in [5.74, 6) is 0. The second-order valence-corrected chi connectivity index (χ2v) is 4.10. The molecule has 1 heterocycles. The van der Waals surface area contributed by atoms with E-state index in [2.05, 4.69) is 22.9 Å². The second-order valence-electron chi connectivity index (χ2n) is 4.10. The summed E-state index contributed by atoms with van der Waals surface area (Å²) in [6.07, 6.45) is 5.63. The van der Waals surface area contributed by atoms with Gasteiger partial charge in [-0.05, 0) is 31.4 Å².